The van der Waals surface area contributed by atoms with Gasteiger partial charge in [-0.15, -0.1) is 11.3 Å². The minimum atomic E-state index is 0.124. The molecule has 1 heterocycles. The number of aromatic nitrogens is 1. The van der Waals surface area contributed by atoms with E-state index >= 15 is 0 Å². The Labute approximate surface area is 125 Å². The molecule has 3 nitrogen and oxygen atoms in total. The Morgan fingerprint density at radius 3 is 2.60 bits per heavy atom. The molecular weight excluding hydrogens is 268 g/mol. The number of benzene rings is 1. The van der Waals surface area contributed by atoms with Crippen molar-refractivity contribution in [2.24, 2.45) is 0 Å². The number of ether oxygens (including phenoxy) is 1. The van der Waals surface area contributed by atoms with Crippen molar-refractivity contribution in [2.45, 2.75) is 39.7 Å². The minimum Gasteiger partial charge on any atom is -0.497 e. The van der Waals surface area contributed by atoms with Crippen LogP contribution in [-0.4, -0.2) is 12.1 Å². The van der Waals surface area contributed by atoms with Crippen LogP contribution in [0.4, 0.5) is 5.69 Å². The zero-order valence-electron chi connectivity index (χ0n) is 12.8. The molecule has 108 valence electrons. The highest BCUT2D eigenvalue weighted by molar-refractivity contribution is 7.11. The van der Waals surface area contributed by atoms with Crippen LogP contribution in [0.25, 0.3) is 0 Å². The first-order chi connectivity index (χ1) is 9.40. The smallest absolute Gasteiger partial charge is 0.119 e. The van der Waals surface area contributed by atoms with E-state index in [4.69, 9.17) is 4.74 Å². The van der Waals surface area contributed by atoms with Gasteiger partial charge < -0.3 is 10.1 Å². The number of rotatable bonds is 4. The van der Waals surface area contributed by atoms with E-state index in [0.717, 1.165) is 18.0 Å². The van der Waals surface area contributed by atoms with Crippen molar-refractivity contribution in [2.75, 3.05) is 12.4 Å². The summed E-state index contributed by atoms with van der Waals surface area (Å²) < 4.78 is 5.22. The molecule has 2 aromatic rings. The average Bonchev–Trinajstić information content (AvgIpc) is 2.86. The van der Waals surface area contributed by atoms with Crippen LogP contribution < -0.4 is 10.1 Å². The molecule has 0 bridgehead atoms. The molecule has 0 saturated heterocycles. The molecule has 2 rings (SSSR count). The van der Waals surface area contributed by atoms with Gasteiger partial charge in [-0.05, 0) is 30.7 Å². The Kier molecular flexibility index (Phi) is 4.33. The molecule has 0 radical (unpaired) electrons. The fourth-order valence-corrected chi connectivity index (χ4v) is 2.79. The molecule has 0 unspecified atom stereocenters. The molecule has 0 aliphatic rings. The van der Waals surface area contributed by atoms with Gasteiger partial charge in [0.1, 0.15) is 5.75 Å². The van der Waals surface area contributed by atoms with Crippen molar-refractivity contribution < 1.29 is 4.74 Å². The van der Waals surface area contributed by atoms with Crippen LogP contribution in [0.3, 0.4) is 0 Å². The third-order valence-electron chi connectivity index (χ3n) is 3.08. The summed E-state index contributed by atoms with van der Waals surface area (Å²) in [5, 5.41) is 4.64. The topological polar surface area (TPSA) is 34.1 Å². The lowest BCUT2D eigenvalue weighted by atomic mass is 9.98. The number of thiazole rings is 1. The highest BCUT2D eigenvalue weighted by Gasteiger charge is 2.17. The maximum absolute atomic E-state index is 5.22. The van der Waals surface area contributed by atoms with E-state index in [9.17, 15) is 0 Å². The van der Waals surface area contributed by atoms with Crippen LogP contribution >= 0.6 is 11.3 Å². The summed E-state index contributed by atoms with van der Waals surface area (Å²) >= 11 is 1.77. The number of anilines is 1. The fourth-order valence-electron chi connectivity index (χ4n) is 1.88. The normalized spacial score (nSPS) is 11.4. The second-order valence-electron chi connectivity index (χ2n) is 5.92. The third kappa shape index (κ3) is 3.51. The molecule has 0 aliphatic heterocycles. The van der Waals surface area contributed by atoms with E-state index < -0.39 is 0 Å². The predicted molar refractivity (Wildman–Crippen MR) is 85.9 cm³/mol. The molecule has 0 saturated carbocycles. The summed E-state index contributed by atoms with van der Waals surface area (Å²) in [6, 6.07) is 6.07. The van der Waals surface area contributed by atoms with Crippen molar-refractivity contribution in [1.29, 1.82) is 0 Å². The summed E-state index contributed by atoms with van der Waals surface area (Å²) in [5.74, 6) is 0.890. The fraction of sp³-hybridized carbons (Fsp3) is 0.438. The number of hydrogen-bond donors (Lipinski definition) is 1. The first-order valence-corrected chi connectivity index (χ1v) is 7.55. The lowest BCUT2D eigenvalue weighted by Crippen LogP contribution is -2.09. The monoisotopic (exact) mass is 290 g/mol. The average molecular weight is 290 g/mol. The first kappa shape index (κ1) is 14.9. The summed E-state index contributed by atoms with van der Waals surface area (Å²) in [5.41, 5.74) is 2.44. The van der Waals surface area contributed by atoms with E-state index in [1.807, 2.05) is 18.3 Å². The Hall–Kier alpha value is -1.55. The number of aryl methyl sites for hydroxylation is 1. The zero-order valence-corrected chi connectivity index (χ0v) is 13.6. The van der Waals surface area contributed by atoms with E-state index in [1.54, 1.807) is 18.4 Å². The van der Waals surface area contributed by atoms with Gasteiger partial charge in [0.2, 0.25) is 0 Å². The van der Waals surface area contributed by atoms with Crippen LogP contribution in [0, 0.1) is 6.92 Å². The number of nitrogens with zero attached hydrogens (tertiary/aromatic N) is 1. The van der Waals surface area contributed by atoms with Crippen LogP contribution in [0.1, 0.15) is 36.2 Å². The predicted octanol–water partition coefficient (Wildman–Crippen LogP) is 4.37. The number of methoxy groups -OCH3 is 1. The molecular formula is C16H22N2OS. The van der Waals surface area contributed by atoms with Crippen LogP contribution in [0.2, 0.25) is 0 Å². The Morgan fingerprint density at radius 1 is 1.30 bits per heavy atom. The van der Waals surface area contributed by atoms with E-state index in [0.29, 0.717) is 0 Å². The van der Waals surface area contributed by atoms with Crippen LogP contribution in [0.5, 0.6) is 5.75 Å². The van der Waals surface area contributed by atoms with E-state index in [2.05, 4.69) is 44.1 Å². The minimum absolute atomic E-state index is 0.124. The maximum Gasteiger partial charge on any atom is 0.119 e. The van der Waals surface area contributed by atoms with E-state index in [-0.39, 0.29) is 5.41 Å². The van der Waals surface area contributed by atoms with Gasteiger partial charge in [-0.3, -0.25) is 0 Å². The molecule has 0 aliphatic carbocycles. The lowest BCUT2D eigenvalue weighted by molar-refractivity contribution is 0.414. The van der Waals surface area contributed by atoms with Crippen molar-refractivity contribution in [3.63, 3.8) is 0 Å². The van der Waals surface area contributed by atoms with Gasteiger partial charge >= 0.3 is 0 Å². The van der Waals surface area contributed by atoms with Crippen molar-refractivity contribution in [3.8, 4) is 5.75 Å². The van der Waals surface area contributed by atoms with Gasteiger partial charge in [-0.1, -0.05) is 20.8 Å². The summed E-state index contributed by atoms with van der Waals surface area (Å²) in [4.78, 5) is 5.76. The van der Waals surface area contributed by atoms with Crippen molar-refractivity contribution in [1.82, 2.24) is 4.98 Å². The summed E-state index contributed by atoms with van der Waals surface area (Å²) in [6.45, 7) is 9.46. The molecule has 1 N–H and O–H groups in total. The molecule has 0 spiro atoms. The molecule has 0 fully saturated rings. The van der Waals surface area contributed by atoms with Crippen LogP contribution in [-0.2, 0) is 12.0 Å². The second-order valence-corrected chi connectivity index (χ2v) is 7.03. The quantitative estimate of drug-likeness (QED) is 0.908. The zero-order chi connectivity index (χ0) is 14.8. The van der Waals surface area contributed by atoms with E-state index in [1.165, 1.54) is 15.4 Å². The lowest BCUT2D eigenvalue weighted by Gasteiger charge is -2.13. The summed E-state index contributed by atoms with van der Waals surface area (Å²) in [6.07, 6.45) is 1.97. The van der Waals surface area contributed by atoms with Gasteiger partial charge in [0, 0.05) is 22.2 Å². The van der Waals surface area contributed by atoms with Gasteiger partial charge in [0.25, 0.3) is 0 Å². The molecule has 4 heteroatoms. The number of nitrogens with one attached hydrogen (secondary N) is 1. The Bertz CT molecular complexity index is 584. The van der Waals surface area contributed by atoms with Gasteiger partial charge in [0.15, 0.2) is 0 Å². The SMILES string of the molecule is COc1ccc(NCc2cnc(C(C)(C)C)s2)c(C)c1. The van der Waals surface area contributed by atoms with Gasteiger partial charge in [-0.25, -0.2) is 4.98 Å². The van der Waals surface area contributed by atoms with Gasteiger partial charge in [0.05, 0.1) is 18.7 Å². The number of hydrogen-bond acceptors (Lipinski definition) is 4. The van der Waals surface area contributed by atoms with Crippen molar-refractivity contribution in [3.05, 3.63) is 39.8 Å². The molecule has 0 amide bonds. The highest BCUT2D eigenvalue weighted by atomic mass is 32.1. The molecule has 1 aromatic carbocycles. The van der Waals surface area contributed by atoms with Crippen LogP contribution in [0.15, 0.2) is 24.4 Å². The largest absolute Gasteiger partial charge is 0.497 e. The Balaban J connectivity index is 2.04. The standard InChI is InChI=1S/C16H22N2OS/c1-11-8-12(19-5)6-7-14(11)17-9-13-10-18-15(20-13)16(2,3)4/h6-8,10,17H,9H2,1-5H3. The first-order valence-electron chi connectivity index (χ1n) is 6.74. The summed E-state index contributed by atoms with van der Waals surface area (Å²) in [7, 11) is 1.69. The molecule has 20 heavy (non-hydrogen) atoms. The highest BCUT2D eigenvalue weighted by Crippen LogP contribution is 2.28. The maximum atomic E-state index is 5.22. The second kappa shape index (κ2) is 5.83. The van der Waals surface area contributed by atoms with Crippen molar-refractivity contribution >= 4 is 17.0 Å². The molecule has 0 atom stereocenters. The third-order valence-corrected chi connectivity index (χ3v) is 4.50. The van der Waals surface area contributed by atoms with Gasteiger partial charge in [-0.2, -0.15) is 0 Å². The Morgan fingerprint density at radius 2 is 2.05 bits per heavy atom. The molecule has 1 aromatic heterocycles.